The van der Waals surface area contributed by atoms with Gasteiger partial charge in [-0.15, -0.1) is 11.3 Å². The number of carbonyl (C=O) groups is 1. The number of nitrogens with zero attached hydrogens (tertiary/aromatic N) is 3. The normalized spacial score (nSPS) is 16.9. The van der Waals surface area contributed by atoms with E-state index in [1.807, 2.05) is 71.8 Å². The van der Waals surface area contributed by atoms with Crippen LogP contribution >= 0.6 is 11.3 Å². The number of amides is 1. The number of benzene rings is 2. The Morgan fingerprint density at radius 2 is 1.97 bits per heavy atom. The maximum Gasteiger partial charge on any atom is 0.254 e. The average molecular weight is 540 g/mol. The minimum Gasteiger partial charge on any atom is -0.458 e. The second-order valence-corrected chi connectivity index (χ2v) is 11.1. The van der Waals surface area contributed by atoms with E-state index in [-0.39, 0.29) is 11.9 Å². The molecule has 1 fully saturated rings. The number of thiazole rings is 1. The lowest BCUT2D eigenvalue weighted by molar-refractivity contribution is 0.0350. The van der Waals surface area contributed by atoms with Crippen LogP contribution in [0.3, 0.4) is 0 Å². The highest BCUT2D eigenvalue weighted by molar-refractivity contribution is 7.09. The molecule has 2 aromatic carbocycles. The van der Waals surface area contributed by atoms with Crippen molar-refractivity contribution in [3.05, 3.63) is 106 Å². The Kier molecular flexibility index (Phi) is 6.66. The molecule has 198 valence electrons. The maximum absolute atomic E-state index is 13.9. The van der Waals surface area contributed by atoms with Crippen molar-refractivity contribution in [1.82, 2.24) is 14.9 Å². The summed E-state index contributed by atoms with van der Waals surface area (Å²) in [5.41, 5.74) is 2.68. The third-order valence-electron chi connectivity index (χ3n) is 7.11. The fraction of sp³-hybridized carbons (Fsp3) is 0.258. The number of rotatable bonds is 7. The molecule has 1 saturated heterocycles. The summed E-state index contributed by atoms with van der Waals surface area (Å²) >= 11 is 1.60. The van der Waals surface area contributed by atoms with Gasteiger partial charge in [-0.25, -0.2) is 9.97 Å². The summed E-state index contributed by atoms with van der Waals surface area (Å²) in [5.74, 6) is 1.36. The first kappa shape index (κ1) is 25.3. The van der Waals surface area contributed by atoms with E-state index in [0.717, 1.165) is 29.1 Å². The number of carbonyl (C=O) groups excluding carboxylic acids is 1. The van der Waals surface area contributed by atoms with Gasteiger partial charge in [-0.3, -0.25) is 4.79 Å². The van der Waals surface area contributed by atoms with Crippen LogP contribution in [0.4, 0.5) is 0 Å². The molecule has 1 aliphatic rings. The number of furan rings is 1. The minimum absolute atomic E-state index is 0.0339. The summed E-state index contributed by atoms with van der Waals surface area (Å²) in [6, 6.07) is 18.9. The number of oxazole rings is 1. The lowest BCUT2D eigenvalue weighted by Crippen LogP contribution is -2.30. The van der Waals surface area contributed by atoms with Gasteiger partial charge in [-0.1, -0.05) is 30.3 Å². The van der Waals surface area contributed by atoms with Crippen LogP contribution in [0.15, 0.2) is 87.3 Å². The molecule has 1 aliphatic heterocycles. The van der Waals surface area contributed by atoms with Gasteiger partial charge in [0.05, 0.1) is 12.2 Å². The summed E-state index contributed by atoms with van der Waals surface area (Å²) in [4.78, 5) is 24.8. The number of aryl methyl sites for hydroxylation is 1. The number of likely N-dealkylation sites (tertiary alicyclic amines) is 1. The van der Waals surface area contributed by atoms with Crippen molar-refractivity contribution in [3.63, 3.8) is 0 Å². The van der Waals surface area contributed by atoms with E-state index in [1.165, 1.54) is 6.26 Å². The van der Waals surface area contributed by atoms with Crippen molar-refractivity contribution in [1.29, 1.82) is 0 Å². The van der Waals surface area contributed by atoms with Gasteiger partial charge in [0, 0.05) is 40.7 Å². The standard InChI is InChI=1S/C31H29N3O4S/c1-20-19-39-29(33-20)25-9-6-13-34(25)30(35)24-16-22(15-23(17-24)28-32-12-14-37-28)26-10-11-27(38-26)31(2,36)18-21-7-4-3-5-8-21/h3-5,7-8,10-12,14-17,19,25,36H,6,9,13,18H2,1-2H3. The van der Waals surface area contributed by atoms with Crippen LogP contribution in [0.1, 0.15) is 58.2 Å². The van der Waals surface area contributed by atoms with E-state index in [2.05, 4.69) is 9.97 Å². The third-order valence-corrected chi connectivity index (χ3v) is 8.17. The highest BCUT2D eigenvalue weighted by atomic mass is 32.1. The third kappa shape index (κ3) is 5.17. The number of hydrogen-bond donors (Lipinski definition) is 1. The zero-order valence-corrected chi connectivity index (χ0v) is 22.6. The minimum atomic E-state index is -1.20. The number of aromatic nitrogens is 2. The predicted molar refractivity (Wildman–Crippen MR) is 149 cm³/mol. The molecule has 39 heavy (non-hydrogen) atoms. The first-order valence-electron chi connectivity index (χ1n) is 13.0. The van der Waals surface area contributed by atoms with Crippen LogP contribution in [0.2, 0.25) is 0 Å². The maximum atomic E-state index is 13.9. The Morgan fingerprint density at radius 1 is 1.15 bits per heavy atom. The highest BCUT2D eigenvalue weighted by Crippen LogP contribution is 2.37. The van der Waals surface area contributed by atoms with Gasteiger partial charge in [0.25, 0.3) is 5.91 Å². The summed E-state index contributed by atoms with van der Waals surface area (Å²) in [7, 11) is 0. The van der Waals surface area contributed by atoms with Gasteiger partial charge in [0.2, 0.25) is 5.89 Å². The lowest BCUT2D eigenvalue weighted by atomic mass is 9.94. The molecule has 1 N–H and O–H groups in total. The van der Waals surface area contributed by atoms with Crippen LogP contribution in [-0.2, 0) is 12.0 Å². The second kappa shape index (κ2) is 10.3. The van der Waals surface area contributed by atoms with Crippen LogP contribution < -0.4 is 0 Å². The zero-order valence-electron chi connectivity index (χ0n) is 21.8. The molecular formula is C31H29N3O4S. The van der Waals surface area contributed by atoms with Gasteiger partial charge in [-0.05, 0) is 62.6 Å². The smallest absolute Gasteiger partial charge is 0.254 e. The van der Waals surface area contributed by atoms with E-state index in [1.54, 1.807) is 30.5 Å². The van der Waals surface area contributed by atoms with E-state index in [0.29, 0.717) is 47.1 Å². The van der Waals surface area contributed by atoms with E-state index in [4.69, 9.17) is 8.83 Å². The Hall–Kier alpha value is -4.01. The molecule has 3 aromatic heterocycles. The molecule has 8 heteroatoms. The molecule has 1 amide bonds. The zero-order chi connectivity index (χ0) is 27.0. The predicted octanol–water partition coefficient (Wildman–Crippen LogP) is 6.79. The van der Waals surface area contributed by atoms with Crippen LogP contribution in [0, 0.1) is 6.92 Å². The quantitative estimate of drug-likeness (QED) is 0.245. The first-order valence-corrected chi connectivity index (χ1v) is 13.9. The fourth-order valence-electron chi connectivity index (χ4n) is 5.20. The number of hydrogen-bond acceptors (Lipinski definition) is 7. The Morgan fingerprint density at radius 3 is 2.72 bits per heavy atom. The monoisotopic (exact) mass is 539 g/mol. The van der Waals surface area contributed by atoms with Gasteiger partial charge in [0.15, 0.2) is 0 Å². The molecule has 0 saturated carbocycles. The van der Waals surface area contributed by atoms with Crippen LogP contribution in [-0.4, -0.2) is 32.4 Å². The molecule has 0 radical (unpaired) electrons. The average Bonchev–Trinajstić information content (AvgIpc) is 3.74. The Balaban J connectivity index is 1.35. The van der Waals surface area contributed by atoms with Crippen molar-refractivity contribution in [3.8, 4) is 22.8 Å². The molecule has 5 aromatic rings. The van der Waals surface area contributed by atoms with E-state index < -0.39 is 5.60 Å². The Bertz CT molecular complexity index is 1590. The molecule has 6 rings (SSSR count). The second-order valence-electron chi connectivity index (χ2n) is 10.2. The Labute approximate surface area is 230 Å². The topological polar surface area (TPSA) is 92.6 Å². The fourth-order valence-corrected chi connectivity index (χ4v) is 6.15. The van der Waals surface area contributed by atoms with Crippen molar-refractivity contribution in [2.24, 2.45) is 0 Å². The van der Waals surface area contributed by atoms with Crippen molar-refractivity contribution < 1.29 is 18.7 Å². The van der Waals surface area contributed by atoms with E-state index in [9.17, 15) is 9.90 Å². The van der Waals surface area contributed by atoms with Gasteiger partial charge >= 0.3 is 0 Å². The molecule has 2 unspecified atom stereocenters. The van der Waals surface area contributed by atoms with Gasteiger partial charge < -0.3 is 18.8 Å². The first-order chi connectivity index (χ1) is 18.9. The molecular weight excluding hydrogens is 510 g/mol. The number of aliphatic hydroxyl groups is 1. The SMILES string of the molecule is Cc1csc(C2CCCN2C(=O)c2cc(-c3ccc(C(C)(O)Cc4ccccc4)o3)cc(-c3ncco3)c2)n1. The van der Waals surface area contributed by atoms with Crippen molar-refractivity contribution >= 4 is 17.2 Å². The van der Waals surface area contributed by atoms with Crippen LogP contribution in [0.5, 0.6) is 0 Å². The largest absolute Gasteiger partial charge is 0.458 e. The van der Waals surface area contributed by atoms with Gasteiger partial charge in [-0.2, -0.15) is 0 Å². The molecule has 4 heterocycles. The molecule has 0 bridgehead atoms. The van der Waals surface area contributed by atoms with Crippen molar-refractivity contribution in [2.75, 3.05) is 6.54 Å². The summed E-state index contributed by atoms with van der Waals surface area (Å²) in [6.07, 6.45) is 5.32. The molecule has 0 spiro atoms. The highest BCUT2D eigenvalue weighted by Gasteiger charge is 2.33. The summed E-state index contributed by atoms with van der Waals surface area (Å²) in [6.45, 7) is 4.39. The molecule has 7 nitrogen and oxygen atoms in total. The molecule has 0 aliphatic carbocycles. The lowest BCUT2D eigenvalue weighted by Gasteiger charge is -2.23. The summed E-state index contributed by atoms with van der Waals surface area (Å²) < 4.78 is 11.8. The van der Waals surface area contributed by atoms with E-state index >= 15 is 0 Å². The van der Waals surface area contributed by atoms with Crippen LogP contribution in [0.25, 0.3) is 22.8 Å². The molecule has 2 atom stereocenters. The summed E-state index contributed by atoms with van der Waals surface area (Å²) in [5, 5.41) is 14.2. The van der Waals surface area contributed by atoms with Gasteiger partial charge in [0.1, 0.15) is 28.4 Å². The van der Waals surface area contributed by atoms with Crippen molar-refractivity contribution in [2.45, 2.75) is 44.8 Å².